The summed E-state index contributed by atoms with van der Waals surface area (Å²) in [5, 5.41) is 0. The van der Waals surface area contributed by atoms with Crippen molar-refractivity contribution in [3.8, 4) is 0 Å². The van der Waals surface area contributed by atoms with Gasteiger partial charge >= 0.3 is 0 Å². The Labute approximate surface area is 87.3 Å². The average Bonchev–Trinajstić information content (AvgIpc) is 2.04. The number of hydrogen-bond acceptors (Lipinski definition) is 1. The van der Waals surface area contributed by atoms with Gasteiger partial charge < -0.3 is 0 Å². The summed E-state index contributed by atoms with van der Waals surface area (Å²) in [7, 11) is 0. The van der Waals surface area contributed by atoms with Crippen LogP contribution in [0.1, 0.15) is 35.7 Å². The van der Waals surface area contributed by atoms with Gasteiger partial charge in [0.2, 0.25) is 0 Å². The lowest BCUT2D eigenvalue weighted by atomic mass is 10.1. The van der Waals surface area contributed by atoms with Crippen LogP contribution in [-0.2, 0) is 0 Å². The van der Waals surface area contributed by atoms with Crippen LogP contribution in [0.4, 0.5) is 0 Å². The van der Waals surface area contributed by atoms with Crippen LogP contribution in [0.3, 0.4) is 0 Å². The van der Waals surface area contributed by atoms with Crippen molar-refractivity contribution in [2.75, 3.05) is 0 Å². The van der Waals surface area contributed by atoms with Gasteiger partial charge in [-0.25, -0.2) is 0 Å². The molecule has 0 heterocycles. The molecule has 0 unspecified atom stereocenters. The van der Waals surface area contributed by atoms with Crippen molar-refractivity contribution in [2.45, 2.75) is 26.7 Å². The number of rotatable bonds is 3. The van der Waals surface area contributed by atoms with Crippen LogP contribution in [0.15, 0.2) is 22.7 Å². The second-order valence-corrected chi connectivity index (χ2v) is 4.01. The number of aryl methyl sites for hydroxylation is 1. The van der Waals surface area contributed by atoms with E-state index < -0.39 is 0 Å². The van der Waals surface area contributed by atoms with E-state index in [1.165, 1.54) is 5.56 Å². The molecular weight excluding hydrogens is 228 g/mol. The summed E-state index contributed by atoms with van der Waals surface area (Å²) in [4.78, 5) is 11.5. The number of benzene rings is 1. The first kappa shape index (κ1) is 10.5. The maximum Gasteiger partial charge on any atom is 0.163 e. The second kappa shape index (κ2) is 4.56. The van der Waals surface area contributed by atoms with E-state index in [-0.39, 0.29) is 5.78 Å². The van der Waals surface area contributed by atoms with Crippen LogP contribution in [0.2, 0.25) is 0 Å². The summed E-state index contributed by atoms with van der Waals surface area (Å²) in [5.41, 5.74) is 1.97. The molecule has 0 bridgehead atoms. The Morgan fingerprint density at radius 2 is 2.15 bits per heavy atom. The van der Waals surface area contributed by atoms with Crippen molar-refractivity contribution in [1.29, 1.82) is 0 Å². The molecule has 0 atom stereocenters. The predicted molar refractivity (Wildman–Crippen MR) is 58.1 cm³/mol. The van der Waals surface area contributed by atoms with Crippen molar-refractivity contribution in [3.05, 3.63) is 33.8 Å². The van der Waals surface area contributed by atoms with E-state index in [2.05, 4.69) is 15.9 Å². The first-order chi connectivity index (χ1) is 6.15. The number of carbonyl (C=O) groups excluding carboxylic acids is 1. The Bertz CT molecular complexity index is 318. The van der Waals surface area contributed by atoms with E-state index in [0.29, 0.717) is 6.42 Å². The highest BCUT2D eigenvalue weighted by Crippen LogP contribution is 2.20. The quantitative estimate of drug-likeness (QED) is 0.736. The molecular formula is C11H13BrO. The standard InChI is InChI=1S/C11H13BrO/c1-3-4-11(13)9-6-5-8(2)7-10(9)12/h5-7H,3-4H2,1-2H3. The van der Waals surface area contributed by atoms with Crippen LogP contribution in [-0.4, -0.2) is 5.78 Å². The molecule has 1 aromatic carbocycles. The molecule has 0 aliphatic carbocycles. The van der Waals surface area contributed by atoms with Crippen molar-refractivity contribution < 1.29 is 4.79 Å². The molecule has 13 heavy (non-hydrogen) atoms. The molecule has 0 saturated carbocycles. The Hall–Kier alpha value is -0.630. The Kier molecular flexibility index (Phi) is 3.67. The Morgan fingerprint density at radius 3 is 2.69 bits per heavy atom. The SMILES string of the molecule is CCCC(=O)c1ccc(C)cc1Br. The summed E-state index contributed by atoms with van der Waals surface area (Å²) in [5.74, 6) is 0.217. The normalized spacial score (nSPS) is 10.1. The van der Waals surface area contributed by atoms with E-state index in [0.717, 1.165) is 16.5 Å². The number of halogens is 1. The summed E-state index contributed by atoms with van der Waals surface area (Å²) in [6, 6.07) is 5.83. The predicted octanol–water partition coefficient (Wildman–Crippen LogP) is 3.74. The van der Waals surface area contributed by atoms with Gasteiger partial charge in [0, 0.05) is 16.5 Å². The number of hydrogen-bond donors (Lipinski definition) is 0. The molecule has 0 aliphatic rings. The molecule has 0 radical (unpaired) electrons. The van der Waals surface area contributed by atoms with E-state index in [9.17, 15) is 4.79 Å². The highest BCUT2D eigenvalue weighted by molar-refractivity contribution is 9.10. The van der Waals surface area contributed by atoms with Gasteiger partial charge in [-0.15, -0.1) is 0 Å². The van der Waals surface area contributed by atoms with Gasteiger partial charge in [0.15, 0.2) is 5.78 Å². The monoisotopic (exact) mass is 240 g/mol. The van der Waals surface area contributed by atoms with Crippen LogP contribution in [0, 0.1) is 6.92 Å². The molecule has 0 amide bonds. The fourth-order valence-electron chi connectivity index (χ4n) is 1.21. The van der Waals surface area contributed by atoms with E-state index in [1.54, 1.807) is 0 Å². The Morgan fingerprint density at radius 1 is 1.46 bits per heavy atom. The van der Waals surface area contributed by atoms with Gasteiger partial charge in [0.1, 0.15) is 0 Å². The minimum atomic E-state index is 0.217. The lowest BCUT2D eigenvalue weighted by molar-refractivity contribution is 0.0981. The summed E-state index contributed by atoms with van der Waals surface area (Å²) in [6.07, 6.45) is 1.53. The number of Topliss-reactive ketones (excluding diaryl/α,β-unsaturated/α-hetero) is 1. The third kappa shape index (κ3) is 2.66. The third-order valence-electron chi connectivity index (χ3n) is 1.90. The summed E-state index contributed by atoms with van der Waals surface area (Å²) in [6.45, 7) is 4.03. The van der Waals surface area contributed by atoms with Gasteiger partial charge in [-0.05, 0) is 25.0 Å². The first-order valence-corrected chi connectivity index (χ1v) is 5.23. The van der Waals surface area contributed by atoms with Gasteiger partial charge in [-0.2, -0.15) is 0 Å². The molecule has 0 saturated heterocycles. The van der Waals surface area contributed by atoms with Crippen LogP contribution < -0.4 is 0 Å². The zero-order valence-electron chi connectivity index (χ0n) is 7.93. The first-order valence-electron chi connectivity index (χ1n) is 4.44. The number of ketones is 1. The van der Waals surface area contributed by atoms with Crippen LogP contribution >= 0.6 is 15.9 Å². The van der Waals surface area contributed by atoms with Crippen LogP contribution in [0.5, 0.6) is 0 Å². The van der Waals surface area contributed by atoms with Crippen LogP contribution in [0.25, 0.3) is 0 Å². The zero-order chi connectivity index (χ0) is 9.84. The van der Waals surface area contributed by atoms with E-state index >= 15 is 0 Å². The third-order valence-corrected chi connectivity index (χ3v) is 2.56. The molecule has 1 rings (SSSR count). The fraction of sp³-hybridized carbons (Fsp3) is 0.364. The molecule has 0 fully saturated rings. The van der Waals surface area contributed by atoms with E-state index in [1.807, 2.05) is 32.0 Å². The maximum absolute atomic E-state index is 11.5. The molecule has 0 spiro atoms. The van der Waals surface area contributed by atoms with Crippen molar-refractivity contribution in [2.24, 2.45) is 0 Å². The Balaban J connectivity index is 2.95. The highest BCUT2D eigenvalue weighted by atomic mass is 79.9. The highest BCUT2D eigenvalue weighted by Gasteiger charge is 2.07. The maximum atomic E-state index is 11.5. The number of carbonyl (C=O) groups is 1. The topological polar surface area (TPSA) is 17.1 Å². The van der Waals surface area contributed by atoms with Crippen molar-refractivity contribution in [3.63, 3.8) is 0 Å². The molecule has 2 heteroatoms. The minimum absolute atomic E-state index is 0.217. The molecule has 70 valence electrons. The molecule has 0 N–H and O–H groups in total. The smallest absolute Gasteiger partial charge is 0.163 e. The average molecular weight is 241 g/mol. The van der Waals surface area contributed by atoms with Crippen molar-refractivity contribution >= 4 is 21.7 Å². The van der Waals surface area contributed by atoms with Gasteiger partial charge in [-0.3, -0.25) is 4.79 Å². The second-order valence-electron chi connectivity index (χ2n) is 3.16. The molecule has 0 aromatic heterocycles. The summed E-state index contributed by atoms with van der Waals surface area (Å²) >= 11 is 3.40. The van der Waals surface area contributed by atoms with Crippen molar-refractivity contribution in [1.82, 2.24) is 0 Å². The fourth-order valence-corrected chi connectivity index (χ4v) is 1.92. The lowest BCUT2D eigenvalue weighted by Crippen LogP contribution is -1.99. The summed E-state index contributed by atoms with van der Waals surface area (Å²) < 4.78 is 0.908. The lowest BCUT2D eigenvalue weighted by Gasteiger charge is -2.03. The largest absolute Gasteiger partial charge is 0.294 e. The van der Waals surface area contributed by atoms with E-state index in [4.69, 9.17) is 0 Å². The van der Waals surface area contributed by atoms with Gasteiger partial charge in [-0.1, -0.05) is 35.0 Å². The molecule has 1 nitrogen and oxygen atoms in total. The zero-order valence-corrected chi connectivity index (χ0v) is 9.52. The minimum Gasteiger partial charge on any atom is -0.294 e. The molecule has 0 aliphatic heterocycles. The molecule has 1 aromatic rings. The van der Waals surface area contributed by atoms with Gasteiger partial charge in [0.05, 0.1) is 0 Å². The van der Waals surface area contributed by atoms with Gasteiger partial charge in [0.25, 0.3) is 0 Å².